The highest BCUT2D eigenvalue weighted by molar-refractivity contribution is 7.99. The fraction of sp³-hybridized carbons (Fsp3) is 0.316. The predicted octanol–water partition coefficient (Wildman–Crippen LogP) is 7.16. The van der Waals surface area contributed by atoms with Crippen LogP contribution in [0.25, 0.3) is 0 Å². The number of rotatable bonds is 10. The number of methoxy groups -OCH3 is 1. The van der Waals surface area contributed by atoms with Gasteiger partial charge in [-0.25, -0.2) is 10.0 Å². The predicted molar refractivity (Wildman–Crippen MR) is 194 cm³/mol. The van der Waals surface area contributed by atoms with Crippen LogP contribution in [0.4, 0.5) is 22.7 Å². The summed E-state index contributed by atoms with van der Waals surface area (Å²) in [4.78, 5) is 33.1. The third-order valence-electron chi connectivity index (χ3n) is 8.16. The Labute approximate surface area is 288 Å². The van der Waals surface area contributed by atoms with E-state index in [9.17, 15) is 14.7 Å². The molecule has 0 aliphatic carbocycles. The van der Waals surface area contributed by atoms with Crippen molar-refractivity contribution >= 4 is 46.3 Å². The highest BCUT2D eigenvalue weighted by Crippen LogP contribution is 2.49. The number of phenols is 1. The first-order chi connectivity index (χ1) is 22.7. The van der Waals surface area contributed by atoms with Gasteiger partial charge in [-0.05, 0) is 87.1 Å². The molecule has 1 saturated heterocycles. The second-order valence-corrected chi connectivity index (χ2v) is 13.3. The molecule has 9 nitrogen and oxygen atoms in total. The van der Waals surface area contributed by atoms with Gasteiger partial charge in [0.2, 0.25) is 0 Å². The Bertz CT molecular complexity index is 1670. The highest BCUT2D eigenvalue weighted by atomic mass is 32.2. The number of benzene rings is 4. The van der Waals surface area contributed by atoms with Gasteiger partial charge in [0.1, 0.15) is 17.4 Å². The van der Waals surface area contributed by atoms with Crippen LogP contribution in [0.3, 0.4) is 0 Å². The Balaban J connectivity index is 0.000000212. The third kappa shape index (κ3) is 8.13. The van der Waals surface area contributed by atoms with Crippen molar-refractivity contribution in [1.82, 2.24) is 4.90 Å². The van der Waals surface area contributed by atoms with Gasteiger partial charge in [-0.15, -0.1) is 0 Å². The summed E-state index contributed by atoms with van der Waals surface area (Å²) in [6, 6.07) is 30.5. The van der Waals surface area contributed by atoms with E-state index in [4.69, 9.17) is 4.74 Å². The van der Waals surface area contributed by atoms with Crippen molar-refractivity contribution in [2.75, 3.05) is 49.2 Å². The summed E-state index contributed by atoms with van der Waals surface area (Å²) in [5.74, 6) is 0.523. The first-order valence-electron chi connectivity index (χ1n) is 16.1. The van der Waals surface area contributed by atoms with Crippen molar-refractivity contribution in [3.05, 3.63) is 97.1 Å². The normalized spacial score (nSPS) is 15.7. The Morgan fingerprint density at radius 1 is 0.833 bits per heavy atom. The molecule has 48 heavy (non-hydrogen) atoms. The fourth-order valence-corrected chi connectivity index (χ4v) is 7.10. The van der Waals surface area contributed by atoms with E-state index in [1.807, 2.05) is 43.0 Å². The summed E-state index contributed by atoms with van der Waals surface area (Å²) in [5.41, 5.74) is 3.76. The molecule has 10 heteroatoms. The van der Waals surface area contributed by atoms with Crippen molar-refractivity contribution < 1.29 is 24.9 Å². The molecule has 2 aliphatic rings. The first-order valence-corrected chi connectivity index (χ1v) is 16.9. The number of aromatic hydroxyl groups is 1. The number of unbranched alkanes of at least 4 members (excludes halogenated alkanes) is 1. The molecule has 0 radical (unpaired) electrons. The van der Waals surface area contributed by atoms with E-state index in [1.165, 1.54) is 43.3 Å². The van der Waals surface area contributed by atoms with E-state index in [-0.39, 0.29) is 23.0 Å². The quantitative estimate of drug-likeness (QED) is 0.178. The SMILES string of the molecule is CCCCC1C(=O)N(c2ccccc2)N(c2ccc(O)cc2)C1=O.COc1ccc2c(c1)N(C[C@H](C)CN(C)C)c1ccccc1S2.O. The van der Waals surface area contributed by atoms with E-state index >= 15 is 0 Å². The van der Waals surface area contributed by atoms with Crippen LogP contribution in [0, 0.1) is 11.8 Å². The van der Waals surface area contributed by atoms with Crippen LogP contribution in [0.5, 0.6) is 11.5 Å². The van der Waals surface area contributed by atoms with E-state index in [2.05, 4.69) is 67.2 Å². The number of amides is 2. The van der Waals surface area contributed by atoms with Crippen LogP contribution >= 0.6 is 11.8 Å². The van der Waals surface area contributed by atoms with Gasteiger partial charge in [0.25, 0.3) is 11.8 Å². The topological polar surface area (TPSA) is 108 Å². The summed E-state index contributed by atoms with van der Waals surface area (Å²) in [6.07, 6.45) is 2.31. The maximum absolute atomic E-state index is 12.9. The van der Waals surface area contributed by atoms with Crippen LogP contribution < -0.4 is 19.7 Å². The second-order valence-electron chi connectivity index (χ2n) is 12.2. The molecule has 2 aliphatic heterocycles. The number of fused-ring (bicyclic) bond motifs is 2. The van der Waals surface area contributed by atoms with Gasteiger partial charge in [0.05, 0.1) is 29.9 Å². The van der Waals surface area contributed by atoms with Crippen LogP contribution in [0.1, 0.15) is 33.1 Å². The van der Waals surface area contributed by atoms with Crippen molar-refractivity contribution in [1.29, 1.82) is 0 Å². The van der Waals surface area contributed by atoms with Crippen LogP contribution in [-0.4, -0.2) is 61.6 Å². The molecule has 4 aromatic carbocycles. The molecule has 4 aromatic rings. The lowest BCUT2D eigenvalue weighted by molar-refractivity contribution is -0.127. The summed E-state index contributed by atoms with van der Waals surface area (Å²) < 4.78 is 5.44. The molecule has 2 atom stereocenters. The Hall–Kier alpha value is -4.51. The minimum atomic E-state index is -0.654. The summed E-state index contributed by atoms with van der Waals surface area (Å²) >= 11 is 1.84. The zero-order valence-electron chi connectivity index (χ0n) is 28.3. The number of carbonyl (C=O) groups excluding carboxylic acids is 2. The molecule has 2 amide bonds. The minimum absolute atomic E-state index is 0. The van der Waals surface area contributed by atoms with Crippen LogP contribution in [0.2, 0.25) is 0 Å². The molecule has 1 unspecified atom stereocenters. The van der Waals surface area contributed by atoms with Gasteiger partial charge in [0, 0.05) is 28.9 Å². The Kier molecular flexibility index (Phi) is 12.5. The zero-order valence-corrected chi connectivity index (χ0v) is 29.1. The lowest BCUT2D eigenvalue weighted by atomic mass is 10.0. The molecule has 0 bridgehead atoms. The number of nitrogens with zero attached hydrogens (tertiary/aromatic N) is 4. The summed E-state index contributed by atoms with van der Waals surface area (Å²) in [7, 11) is 5.99. The number of para-hydroxylation sites is 2. The van der Waals surface area contributed by atoms with Gasteiger partial charge in [0.15, 0.2) is 0 Å². The van der Waals surface area contributed by atoms with Gasteiger partial charge in [-0.1, -0.05) is 68.8 Å². The number of hydrogen-bond acceptors (Lipinski definition) is 7. The standard InChI is InChI=1S/C19H20N2O3.C19H24N2OS.H2O/c1-2-3-9-17-18(23)20(14-7-5-4-6-8-14)21(19(17)24)15-10-12-16(22)13-11-15;1-14(12-20(2)3)13-21-16-7-5-6-8-18(16)23-19-10-9-15(22-4)11-17(19)21;/h4-8,10-13,17,22H,2-3,9H2,1H3;5-11,14H,12-13H2,1-4H3;1H2/t;14-;/m.1./s1. The fourth-order valence-electron chi connectivity index (χ4n) is 6.03. The van der Waals surface area contributed by atoms with Crippen molar-refractivity contribution in [2.45, 2.75) is 42.9 Å². The minimum Gasteiger partial charge on any atom is -0.508 e. The summed E-state index contributed by atoms with van der Waals surface area (Å²) in [5, 5.41) is 12.3. The zero-order chi connectivity index (χ0) is 33.5. The molecular weight excluding hydrogens is 625 g/mol. The van der Waals surface area contributed by atoms with Gasteiger partial charge >= 0.3 is 0 Å². The van der Waals surface area contributed by atoms with Gasteiger partial charge in [-0.2, -0.15) is 0 Å². The van der Waals surface area contributed by atoms with Crippen LogP contribution in [-0.2, 0) is 9.59 Å². The Morgan fingerprint density at radius 2 is 1.44 bits per heavy atom. The molecule has 6 rings (SSSR count). The first kappa shape index (κ1) is 36.3. The highest BCUT2D eigenvalue weighted by Gasteiger charge is 2.46. The molecule has 1 fully saturated rings. The number of phenolic OH excluding ortho intramolecular Hbond substituents is 1. The number of ether oxygens (including phenoxy) is 1. The number of hydrazine groups is 1. The van der Waals surface area contributed by atoms with E-state index in [1.54, 1.807) is 31.4 Å². The second kappa shape index (κ2) is 16.5. The maximum atomic E-state index is 12.9. The monoisotopic (exact) mass is 670 g/mol. The van der Waals surface area contributed by atoms with E-state index in [0.29, 0.717) is 23.7 Å². The van der Waals surface area contributed by atoms with Gasteiger partial charge < -0.3 is 25.1 Å². The van der Waals surface area contributed by atoms with Crippen molar-refractivity contribution in [3.8, 4) is 11.5 Å². The molecule has 2 heterocycles. The van der Waals surface area contributed by atoms with Crippen molar-refractivity contribution in [2.24, 2.45) is 11.8 Å². The number of anilines is 4. The Morgan fingerprint density at radius 3 is 2.06 bits per heavy atom. The van der Waals surface area contributed by atoms with E-state index in [0.717, 1.165) is 31.7 Å². The average molecular weight is 671 g/mol. The largest absolute Gasteiger partial charge is 0.508 e. The molecule has 0 spiro atoms. The summed E-state index contributed by atoms with van der Waals surface area (Å²) in [6.45, 7) is 6.42. The maximum Gasteiger partial charge on any atom is 0.258 e. The van der Waals surface area contributed by atoms with Crippen LogP contribution in [0.15, 0.2) is 107 Å². The number of hydrogen-bond donors (Lipinski definition) is 1. The van der Waals surface area contributed by atoms with Crippen molar-refractivity contribution in [3.63, 3.8) is 0 Å². The van der Waals surface area contributed by atoms with Gasteiger partial charge in [-0.3, -0.25) is 9.59 Å². The number of carbonyl (C=O) groups is 2. The third-order valence-corrected chi connectivity index (χ3v) is 9.29. The lowest BCUT2D eigenvalue weighted by Crippen LogP contribution is -2.41. The smallest absolute Gasteiger partial charge is 0.258 e. The molecule has 3 N–H and O–H groups in total. The molecule has 0 aromatic heterocycles. The molecular formula is C38H46N4O5S. The average Bonchev–Trinajstić information content (AvgIpc) is 3.32. The molecule has 0 saturated carbocycles. The molecule has 254 valence electrons. The lowest BCUT2D eigenvalue weighted by Gasteiger charge is -2.35. The van der Waals surface area contributed by atoms with E-state index < -0.39 is 5.92 Å².